The monoisotopic (exact) mass is 237 g/mol. The SMILES string of the molecule is CCOC(=O)C=C1CCCc2c1ccn2P. The molecular formula is C12H16NO2P. The molecule has 0 radical (unpaired) electrons. The first kappa shape index (κ1) is 11.4. The fourth-order valence-corrected chi connectivity index (χ4v) is 2.45. The number of ether oxygens (including phenoxy) is 1. The third kappa shape index (κ3) is 2.19. The van der Waals surface area contributed by atoms with Crippen molar-refractivity contribution < 1.29 is 9.53 Å². The van der Waals surface area contributed by atoms with Gasteiger partial charge >= 0.3 is 5.97 Å². The van der Waals surface area contributed by atoms with Crippen LogP contribution in [-0.4, -0.2) is 16.9 Å². The van der Waals surface area contributed by atoms with Crippen molar-refractivity contribution in [2.75, 3.05) is 6.61 Å². The van der Waals surface area contributed by atoms with Gasteiger partial charge in [-0.25, -0.2) is 4.79 Å². The Hall–Kier alpha value is -1.08. The quantitative estimate of drug-likeness (QED) is 0.449. The van der Waals surface area contributed by atoms with Crippen LogP contribution in [0.5, 0.6) is 0 Å². The Morgan fingerprint density at radius 2 is 2.44 bits per heavy atom. The molecule has 0 saturated carbocycles. The average molecular weight is 237 g/mol. The zero-order valence-electron chi connectivity index (χ0n) is 9.40. The maximum atomic E-state index is 11.4. The standard InChI is InChI=1S/C12H16NO2P/c1-2-15-12(14)8-9-4-3-5-11-10(9)6-7-13(11)16/h6-8H,2-5,16H2,1H3. The molecule has 1 aromatic rings. The number of hydrogen-bond acceptors (Lipinski definition) is 2. The molecule has 86 valence electrons. The number of aromatic nitrogens is 1. The van der Waals surface area contributed by atoms with Crippen LogP contribution in [0.15, 0.2) is 18.3 Å². The van der Waals surface area contributed by atoms with E-state index < -0.39 is 0 Å². The number of esters is 1. The molecule has 0 aliphatic heterocycles. The largest absolute Gasteiger partial charge is 0.463 e. The van der Waals surface area contributed by atoms with E-state index in [1.807, 2.05) is 17.5 Å². The van der Waals surface area contributed by atoms with Crippen molar-refractivity contribution >= 4 is 20.9 Å². The van der Waals surface area contributed by atoms with Crippen LogP contribution in [0.1, 0.15) is 31.0 Å². The summed E-state index contributed by atoms with van der Waals surface area (Å²) in [6.45, 7) is 2.25. The van der Waals surface area contributed by atoms with Crippen molar-refractivity contribution in [3.63, 3.8) is 0 Å². The maximum absolute atomic E-state index is 11.4. The average Bonchev–Trinajstić information content (AvgIpc) is 2.62. The summed E-state index contributed by atoms with van der Waals surface area (Å²) in [4.78, 5) is 11.4. The summed E-state index contributed by atoms with van der Waals surface area (Å²) in [5.41, 5.74) is 3.57. The number of nitrogens with zero attached hydrogens (tertiary/aromatic N) is 1. The number of hydrogen-bond donors (Lipinski definition) is 0. The van der Waals surface area contributed by atoms with Crippen molar-refractivity contribution in [1.82, 2.24) is 4.34 Å². The summed E-state index contributed by atoms with van der Waals surface area (Å²) >= 11 is 0. The molecule has 3 nitrogen and oxygen atoms in total. The van der Waals surface area contributed by atoms with Gasteiger partial charge in [-0.3, -0.25) is 0 Å². The van der Waals surface area contributed by atoms with Crippen LogP contribution in [-0.2, 0) is 16.0 Å². The van der Waals surface area contributed by atoms with Crippen LogP contribution < -0.4 is 0 Å². The fourth-order valence-electron chi connectivity index (χ4n) is 2.09. The normalized spacial score (nSPS) is 17.2. The maximum Gasteiger partial charge on any atom is 0.331 e. The molecule has 1 aliphatic rings. The van der Waals surface area contributed by atoms with Crippen LogP contribution >= 0.6 is 9.39 Å². The minimum absolute atomic E-state index is 0.234. The molecule has 1 unspecified atom stereocenters. The summed E-state index contributed by atoms with van der Waals surface area (Å²) in [7, 11) is 2.67. The highest BCUT2D eigenvalue weighted by Gasteiger charge is 2.17. The first-order chi connectivity index (χ1) is 7.72. The zero-order chi connectivity index (χ0) is 11.5. The molecular weight excluding hydrogens is 221 g/mol. The lowest BCUT2D eigenvalue weighted by molar-refractivity contribution is -0.137. The third-order valence-electron chi connectivity index (χ3n) is 2.81. The molecule has 0 amide bonds. The second kappa shape index (κ2) is 4.84. The van der Waals surface area contributed by atoms with Gasteiger partial charge in [0.05, 0.1) is 6.61 Å². The first-order valence-corrected chi connectivity index (χ1v) is 6.07. The molecule has 0 spiro atoms. The molecule has 2 rings (SSSR count). The van der Waals surface area contributed by atoms with Gasteiger partial charge in [-0.15, -0.1) is 0 Å². The second-order valence-corrected chi connectivity index (χ2v) is 4.41. The molecule has 1 aromatic heterocycles. The lowest BCUT2D eigenvalue weighted by Gasteiger charge is -2.16. The van der Waals surface area contributed by atoms with Gasteiger partial charge < -0.3 is 9.07 Å². The Labute approximate surface area is 97.7 Å². The van der Waals surface area contributed by atoms with E-state index in [4.69, 9.17) is 4.74 Å². The van der Waals surface area contributed by atoms with Gasteiger partial charge in [-0.1, -0.05) is 0 Å². The first-order valence-electron chi connectivity index (χ1n) is 5.55. The third-order valence-corrected chi connectivity index (χ3v) is 3.29. The molecule has 1 heterocycles. The summed E-state index contributed by atoms with van der Waals surface area (Å²) in [6.07, 6.45) is 6.77. The molecule has 4 heteroatoms. The molecule has 16 heavy (non-hydrogen) atoms. The lowest BCUT2D eigenvalue weighted by atomic mass is 9.92. The van der Waals surface area contributed by atoms with E-state index in [9.17, 15) is 4.79 Å². The second-order valence-electron chi connectivity index (χ2n) is 3.86. The summed E-state index contributed by atoms with van der Waals surface area (Å²) in [5, 5.41) is 0. The van der Waals surface area contributed by atoms with Crippen LogP contribution in [0.3, 0.4) is 0 Å². The number of rotatable bonds is 2. The van der Waals surface area contributed by atoms with E-state index in [0.717, 1.165) is 24.8 Å². The molecule has 1 aliphatic carbocycles. The topological polar surface area (TPSA) is 31.2 Å². The van der Waals surface area contributed by atoms with Gasteiger partial charge in [0.2, 0.25) is 0 Å². The van der Waals surface area contributed by atoms with Gasteiger partial charge in [0.1, 0.15) is 0 Å². The predicted octanol–water partition coefficient (Wildman–Crippen LogP) is 2.41. The fraction of sp³-hybridized carbons (Fsp3) is 0.417. The number of fused-ring (bicyclic) bond motifs is 1. The highest BCUT2D eigenvalue weighted by atomic mass is 31.0. The molecule has 0 fully saturated rings. The minimum Gasteiger partial charge on any atom is -0.463 e. The highest BCUT2D eigenvalue weighted by Crippen LogP contribution is 2.32. The van der Waals surface area contributed by atoms with Crippen molar-refractivity contribution in [3.05, 3.63) is 29.6 Å². The molecule has 0 saturated heterocycles. The number of carbonyl (C=O) groups excluding carboxylic acids is 1. The Bertz CT molecular complexity index is 434. The van der Waals surface area contributed by atoms with Gasteiger partial charge in [0, 0.05) is 18.0 Å². The Balaban J connectivity index is 2.28. The number of allylic oxidation sites excluding steroid dienone is 1. The van der Waals surface area contributed by atoms with Gasteiger partial charge in [-0.05, 0) is 52.8 Å². The lowest BCUT2D eigenvalue weighted by Crippen LogP contribution is -2.06. The van der Waals surface area contributed by atoms with Gasteiger partial charge in [-0.2, -0.15) is 0 Å². The van der Waals surface area contributed by atoms with Gasteiger partial charge in [0.25, 0.3) is 0 Å². The molecule has 1 atom stereocenters. The smallest absolute Gasteiger partial charge is 0.331 e. The predicted molar refractivity (Wildman–Crippen MR) is 67.1 cm³/mol. The van der Waals surface area contributed by atoms with Crippen LogP contribution in [0.2, 0.25) is 0 Å². The van der Waals surface area contributed by atoms with Crippen molar-refractivity contribution in [1.29, 1.82) is 0 Å². The molecule has 0 N–H and O–H groups in total. The molecule has 0 aromatic carbocycles. The van der Waals surface area contributed by atoms with E-state index >= 15 is 0 Å². The zero-order valence-corrected chi connectivity index (χ0v) is 10.6. The summed E-state index contributed by atoms with van der Waals surface area (Å²) in [6, 6.07) is 2.06. The summed E-state index contributed by atoms with van der Waals surface area (Å²) < 4.78 is 6.99. The van der Waals surface area contributed by atoms with Crippen molar-refractivity contribution in [2.45, 2.75) is 26.2 Å². The van der Waals surface area contributed by atoms with E-state index in [0.29, 0.717) is 6.61 Å². The highest BCUT2D eigenvalue weighted by molar-refractivity contribution is 7.14. The Morgan fingerprint density at radius 1 is 1.62 bits per heavy atom. The van der Waals surface area contributed by atoms with E-state index in [1.54, 1.807) is 6.08 Å². The van der Waals surface area contributed by atoms with Crippen LogP contribution in [0.25, 0.3) is 5.57 Å². The van der Waals surface area contributed by atoms with Crippen molar-refractivity contribution in [3.8, 4) is 0 Å². The Morgan fingerprint density at radius 3 is 3.19 bits per heavy atom. The van der Waals surface area contributed by atoms with Gasteiger partial charge in [0.15, 0.2) is 0 Å². The molecule has 0 bridgehead atoms. The Kier molecular flexibility index (Phi) is 3.45. The van der Waals surface area contributed by atoms with Crippen molar-refractivity contribution in [2.24, 2.45) is 0 Å². The summed E-state index contributed by atoms with van der Waals surface area (Å²) in [5.74, 6) is -0.234. The van der Waals surface area contributed by atoms with E-state index in [-0.39, 0.29) is 5.97 Å². The minimum atomic E-state index is -0.234. The van der Waals surface area contributed by atoms with E-state index in [1.165, 1.54) is 11.3 Å². The van der Waals surface area contributed by atoms with Crippen LogP contribution in [0, 0.1) is 0 Å². The van der Waals surface area contributed by atoms with Crippen LogP contribution in [0.4, 0.5) is 0 Å². The number of carbonyl (C=O) groups is 1. The van der Waals surface area contributed by atoms with E-state index in [2.05, 4.69) is 15.5 Å².